The second-order valence-electron chi connectivity index (χ2n) is 9.24. The average Bonchev–Trinajstić information content (AvgIpc) is 2.78. The first-order valence-corrected chi connectivity index (χ1v) is 13.0. The third-order valence-electron chi connectivity index (χ3n) is 6.35. The van der Waals surface area contributed by atoms with Gasteiger partial charge in [0.2, 0.25) is 0 Å². The maximum atomic E-state index is 13.0. The quantitative estimate of drug-likeness (QED) is 0.171. The van der Waals surface area contributed by atoms with E-state index in [9.17, 15) is 9.59 Å². The molecule has 0 saturated carbocycles. The van der Waals surface area contributed by atoms with Crippen LogP contribution in [-0.4, -0.2) is 22.6 Å². The number of carbonyl (C=O) groups excluding carboxylic acids is 1. The summed E-state index contributed by atoms with van der Waals surface area (Å²) in [6.45, 7) is 6.62. The highest BCUT2D eigenvalue weighted by molar-refractivity contribution is 5.92. The van der Waals surface area contributed by atoms with Gasteiger partial charge in [0.15, 0.2) is 0 Å². The first-order valence-electron chi connectivity index (χ1n) is 13.0. The number of esters is 1. The molecule has 0 aliphatic heterocycles. The van der Waals surface area contributed by atoms with Gasteiger partial charge in [0.25, 0.3) is 0 Å². The number of carboxylic acids is 1. The predicted molar refractivity (Wildman–Crippen MR) is 132 cm³/mol. The Bertz CT molecular complexity index is 619. The molecular weight excluding hydrogens is 400 g/mol. The standard InChI is InChI=1S/C28H46O4/c1-4-7-9-11-13-15-22-28(21-6-3,23-16-14-12-10-8-5-2)32-27(31)25-19-17-24(18-20-25)26(29)30/h17-20H,4-16,21-23H2,1-3H3,(H,29,30). The highest BCUT2D eigenvalue weighted by atomic mass is 16.6. The van der Waals surface area contributed by atoms with Gasteiger partial charge in [0, 0.05) is 0 Å². The van der Waals surface area contributed by atoms with Crippen LogP contribution in [0.1, 0.15) is 144 Å². The van der Waals surface area contributed by atoms with Crippen molar-refractivity contribution in [1.82, 2.24) is 0 Å². The number of hydrogen-bond donors (Lipinski definition) is 1. The second-order valence-corrected chi connectivity index (χ2v) is 9.24. The summed E-state index contributed by atoms with van der Waals surface area (Å²) in [5.41, 5.74) is 0.203. The Morgan fingerprint density at radius 1 is 0.656 bits per heavy atom. The van der Waals surface area contributed by atoms with Crippen molar-refractivity contribution >= 4 is 11.9 Å². The Hall–Kier alpha value is -1.84. The Kier molecular flexibility index (Phi) is 14.8. The van der Waals surface area contributed by atoms with Crippen molar-refractivity contribution in [3.8, 4) is 0 Å². The number of ether oxygens (including phenoxy) is 1. The number of hydrogen-bond acceptors (Lipinski definition) is 3. The van der Waals surface area contributed by atoms with Gasteiger partial charge < -0.3 is 9.84 Å². The molecule has 0 amide bonds. The van der Waals surface area contributed by atoms with Crippen LogP contribution in [0.3, 0.4) is 0 Å². The van der Waals surface area contributed by atoms with Gasteiger partial charge in [-0.3, -0.25) is 0 Å². The maximum absolute atomic E-state index is 13.0. The van der Waals surface area contributed by atoms with E-state index in [0.717, 1.165) is 38.5 Å². The normalized spacial score (nSPS) is 11.5. The largest absolute Gasteiger partial charge is 0.478 e. The molecule has 0 aromatic heterocycles. The summed E-state index contributed by atoms with van der Waals surface area (Å²) in [5.74, 6) is -1.32. The third kappa shape index (κ3) is 11.2. The second kappa shape index (κ2) is 16.7. The van der Waals surface area contributed by atoms with E-state index in [1.807, 2.05) is 0 Å². The van der Waals surface area contributed by atoms with Gasteiger partial charge in [-0.2, -0.15) is 0 Å². The summed E-state index contributed by atoms with van der Waals surface area (Å²) >= 11 is 0. The van der Waals surface area contributed by atoms with Gasteiger partial charge in [-0.05, 0) is 56.4 Å². The molecule has 1 N–H and O–H groups in total. The topological polar surface area (TPSA) is 63.6 Å². The first-order chi connectivity index (χ1) is 15.5. The molecule has 1 rings (SSSR count). The van der Waals surface area contributed by atoms with Crippen molar-refractivity contribution in [3.05, 3.63) is 35.4 Å². The monoisotopic (exact) mass is 446 g/mol. The lowest BCUT2D eigenvalue weighted by Gasteiger charge is -2.34. The summed E-state index contributed by atoms with van der Waals surface area (Å²) in [6.07, 6.45) is 18.4. The zero-order valence-corrected chi connectivity index (χ0v) is 20.8. The Balaban J connectivity index is 2.80. The Labute approximate surface area is 196 Å². The number of carbonyl (C=O) groups is 2. The van der Waals surface area contributed by atoms with Crippen molar-refractivity contribution in [2.75, 3.05) is 0 Å². The summed E-state index contributed by atoms with van der Waals surface area (Å²) in [7, 11) is 0. The minimum atomic E-state index is -0.989. The molecule has 32 heavy (non-hydrogen) atoms. The summed E-state index contributed by atoms with van der Waals surface area (Å²) in [6, 6.07) is 6.08. The number of carboxylic acid groups (broad SMARTS) is 1. The van der Waals surface area contributed by atoms with Crippen LogP contribution in [0.15, 0.2) is 24.3 Å². The van der Waals surface area contributed by atoms with Crippen LogP contribution < -0.4 is 0 Å². The van der Waals surface area contributed by atoms with Crippen molar-refractivity contribution in [2.45, 2.75) is 129 Å². The Morgan fingerprint density at radius 3 is 1.53 bits per heavy atom. The molecule has 0 aliphatic carbocycles. The fourth-order valence-corrected chi connectivity index (χ4v) is 4.44. The number of benzene rings is 1. The predicted octanol–water partition coefficient (Wildman–Crippen LogP) is 8.58. The molecule has 0 spiro atoms. The summed E-state index contributed by atoms with van der Waals surface area (Å²) in [5, 5.41) is 9.10. The number of rotatable bonds is 19. The molecule has 4 heteroatoms. The lowest BCUT2D eigenvalue weighted by atomic mass is 9.85. The molecule has 0 radical (unpaired) electrons. The SMILES string of the molecule is CCCCCCCCC(CCC)(CCCCCCCC)OC(=O)c1ccc(C(=O)O)cc1. The van der Waals surface area contributed by atoms with E-state index in [2.05, 4.69) is 20.8 Å². The van der Waals surface area contributed by atoms with Crippen LogP contribution in [0.2, 0.25) is 0 Å². The first kappa shape index (κ1) is 28.2. The maximum Gasteiger partial charge on any atom is 0.338 e. The molecule has 182 valence electrons. The molecule has 4 nitrogen and oxygen atoms in total. The molecule has 0 heterocycles. The number of unbranched alkanes of at least 4 members (excludes halogenated alkanes) is 10. The minimum Gasteiger partial charge on any atom is -0.478 e. The molecule has 0 saturated heterocycles. The third-order valence-corrected chi connectivity index (χ3v) is 6.35. The van der Waals surface area contributed by atoms with E-state index in [4.69, 9.17) is 9.84 Å². The molecular formula is C28H46O4. The van der Waals surface area contributed by atoms with Crippen LogP contribution in [0.5, 0.6) is 0 Å². The molecule has 0 bridgehead atoms. The number of aromatic carboxylic acids is 1. The van der Waals surface area contributed by atoms with E-state index in [1.54, 1.807) is 12.1 Å². The fourth-order valence-electron chi connectivity index (χ4n) is 4.44. The lowest BCUT2D eigenvalue weighted by molar-refractivity contribution is -0.0352. The Morgan fingerprint density at radius 2 is 1.09 bits per heavy atom. The lowest BCUT2D eigenvalue weighted by Crippen LogP contribution is -2.35. The van der Waals surface area contributed by atoms with E-state index >= 15 is 0 Å². The molecule has 0 fully saturated rings. The van der Waals surface area contributed by atoms with E-state index in [0.29, 0.717) is 5.56 Å². The zero-order chi connectivity index (χ0) is 23.7. The highest BCUT2D eigenvalue weighted by Gasteiger charge is 2.33. The van der Waals surface area contributed by atoms with Crippen molar-refractivity contribution in [3.63, 3.8) is 0 Å². The summed E-state index contributed by atoms with van der Waals surface area (Å²) in [4.78, 5) is 24.1. The van der Waals surface area contributed by atoms with Gasteiger partial charge in [-0.1, -0.05) is 91.4 Å². The van der Waals surface area contributed by atoms with Crippen LogP contribution in [0.4, 0.5) is 0 Å². The van der Waals surface area contributed by atoms with Gasteiger partial charge in [-0.15, -0.1) is 0 Å². The van der Waals surface area contributed by atoms with E-state index in [-0.39, 0.29) is 11.5 Å². The van der Waals surface area contributed by atoms with Crippen LogP contribution in [0, 0.1) is 0 Å². The van der Waals surface area contributed by atoms with Gasteiger partial charge in [0.1, 0.15) is 5.60 Å². The smallest absolute Gasteiger partial charge is 0.338 e. The van der Waals surface area contributed by atoms with E-state index in [1.165, 1.54) is 76.3 Å². The van der Waals surface area contributed by atoms with Crippen LogP contribution in [-0.2, 0) is 4.74 Å². The fraction of sp³-hybridized carbons (Fsp3) is 0.714. The molecule has 0 unspecified atom stereocenters. The average molecular weight is 447 g/mol. The molecule has 0 aliphatic rings. The highest BCUT2D eigenvalue weighted by Crippen LogP contribution is 2.33. The van der Waals surface area contributed by atoms with Gasteiger partial charge >= 0.3 is 11.9 Å². The molecule has 0 atom stereocenters. The summed E-state index contributed by atoms with van der Waals surface area (Å²) < 4.78 is 6.23. The van der Waals surface area contributed by atoms with Crippen molar-refractivity contribution < 1.29 is 19.4 Å². The van der Waals surface area contributed by atoms with Crippen molar-refractivity contribution in [1.29, 1.82) is 0 Å². The minimum absolute atomic E-state index is 0.181. The van der Waals surface area contributed by atoms with Gasteiger partial charge in [0.05, 0.1) is 11.1 Å². The van der Waals surface area contributed by atoms with Crippen LogP contribution >= 0.6 is 0 Å². The van der Waals surface area contributed by atoms with E-state index < -0.39 is 11.6 Å². The van der Waals surface area contributed by atoms with Gasteiger partial charge in [-0.25, -0.2) is 9.59 Å². The van der Waals surface area contributed by atoms with Crippen LogP contribution in [0.25, 0.3) is 0 Å². The van der Waals surface area contributed by atoms with Crippen molar-refractivity contribution in [2.24, 2.45) is 0 Å². The molecule has 1 aromatic carbocycles. The molecule has 1 aromatic rings. The zero-order valence-electron chi connectivity index (χ0n) is 20.8.